The van der Waals surface area contributed by atoms with Gasteiger partial charge in [0, 0.05) is 13.7 Å². The number of rotatable bonds is 9. The quantitative estimate of drug-likeness (QED) is 0.523. The predicted octanol–water partition coefficient (Wildman–Crippen LogP) is 0.889. The second-order valence-corrected chi connectivity index (χ2v) is 4.94. The summed E-state index contributed by atoms with van der Waals surface area (Å²) in [5.74, 6) is -1.02. The number of methoxy groups -OCH3 is 2. The van der Waals surface area contributed by atoms with E-state index in [2.05, 4.69) is 10.6 Å². The summed E-state index contributed by atoms with van der Waals surface area (Å²) in [6.07, 6.45) is 0. The number of esters is 1. The molecule has 0 aromatic heterocycles. The van der Waals surface area contributed by atoms with Gasteiger partial charge in [0.2, 0.25) is 5.91 Å². The molecule has 2 atom stereocenters. The SMILES string of the molecule is COCCNCC(=O)NC(c1ccccc1)C(C)C(=O)OC. The molecule has 6 heteroatoms. The number of hydrogen-bond donors (Lipinski definition) is 2. The van der Waals surface area contributed by atoms with E-state index in [0.717, 1.165) is 5.56 Å². The molecule has 0 radical (unpaired) electrons. The number of carbonyl (C=O) groups is 2. The fraction of sp³-hybridized carbons (Fsp3) is 0.500. The molecule has 1 rings (SSSR count). The first-order valence-corrected chi connectivity index (χ1v) is 7.22. The van der Waals surface area contributed by atoms with Crippen molar-refractivity contribution in [2.75, 3.05) is 33.9 Å². The van der Waals surface area contributed by atoms with E-state index in [4.69, 9.17) is 9.47 Å². The molecule has 0 aliphatic carbocycles. The average molecular weight is 308 g/mol. The van der Waals surface area contributed by atoms with Gasteiger partial charge in [0.1, 0.15) is 0 Å². The second-order valence-electron chi connectivity index (χ2n) is 4.94. The zero-order valence-corrected chi connectivity index (χ0v) is 13.3. The van der Waals surface area contributed by atoms with Crippen molar-refractivity contribution in [1.29, 1.82) is 0 Å². The minimum atomic E-state index is -0.477. The third-order valence-electron chi connectivity index (χ3n) is 3.32. The van der Waals surface area contributed by atoms with Crippen LogP contribution < -0.4 is 10.6 Å². The van der Waals surface area contributed by atoms with E-state index in [1.165, 1.54) is 7.11 Å². The summed E-state index contributed by atoms with van der Waals surface area (Å²) < 4.78 is 9.69. The molecule has 6 nitrogen and oxygen atoms in total. The largest absolute Gasteiger partial charge is 0.469 e. The van der Waals surface area contributed by atoms with E-state index >= 15 is 0 Å². The zero-order chi connectivity index (χ0) is 16.4. The molecule has 0 fully saturated rings. The van der Waals surface area contributed by atoms with Crippen LogP contribution in [0.25, 0.3) is 0 Å². The van der Waals surface area contributed by atoms with Gasteiger partial charge >= 0.3 is 5.97 Å². The zero-order valence-electron chi connectivity index (χ0n) is 13.3. The first-order chi connectivity index (χ1) is 10.6. The highest BCUT2D eigenvalue weighted by Gasteiger charge is 2.27. The molecule has 1 amide bonds. The summed E-state index contributed by atoms with van der Waals surface area (Å²) in [5, 5.41) is 5.85. The van der Waals surface area contributed by atoms with E-state index in [0.29, 0.717) is 13.2 Å². The molecule has 0 aliphatic rings. The number of amides is 1. The van der Waals surface area contributed by atoms with Crippen LogP contribution in [0.5, 0.6) is 0 Å². The maximum atomic E-state index is 12.0. The topological polar surface area (TPSA) is 76.7 Å². The summed E-state index contributed by atoms with van der Waals surface area (Å²) in [4.78, 5) is 23.8. The smallest absolute Gasteiger partial charge is 0.310 e. The standard InChI is InChI=1S/C16H24N2O4/c1-12(16(20)22-3)15(13-7-5-4-6-8-13)18-14(19)11-17-9-10-21-2/h4-8,12,15,17H,9-11H2,1-3H3,(H,18,19). The van der Waals surface area contributed by atoms with Crippen LogP contribution in [0, 0.1) is 5.92 Å². The Morgan fingerprint density at radius 3 is 2.45 bits per heavy atom. The van der Waals surface area contributed by atoms with Gasteiger partial charge in [-0.25, -0.2) is 0 Å². The number of nitrogens with one attached hydrogen (secondary N) is 2. The van der Waals surface area contributed by atoms with Crippen molar-refractivity contribution in [1.82, 2.24) is 10.6 Å². The summed E-state index contributed by atoms with van der Waals surface area (Å²) in [5.41, 5.74) is 0.866. The molecule has 1 aromatic rings. The molecule has 122 valence electrons. The minimum Gasteiger partial charge on any atom is -0.469 e. The van der Waals surface area contributed by atoms with E-state index in [1.54, 1.807) is 14.0 Å². The molecule has 0 aliphatic heterocycles. The van der Waals surface area contributed by atoms with Crippen LogP contribution in [0.1, 0.15) is 18.5 Å². The summed E-state index contributed by atoms with van der Waals surface area (Å²) in [6.45, 7) is 3.03. The van der Waals surface area contributed by atoms with E-state index < -0.39 is 12.0 Å². The lowest BCUT2D eigenvalue weighted by Crippen LogP contribution is -2.41. The van der Waals surface area contributed by atoms with Crippen molar-refractivity contribution < 1.29 is 19.1 Å². The normalized spacial score (nSPS) is 13.2. The number of ether oxygens (including phenoxy) is 2. The van der Waals surface area contributed by atoms with Crippen LogP contribution in [0.15, 0.2) is 30.3 Å². The van der Waals surface area contributed by atoms with Gasteiger partial charge in [0.25, 0.3) is 0 Å². The van der Waals surface area contributed by atoms with Gasteiger partial charge in [-0.15, -0.1) is 0 Å². The number of benzene rings is 1. The molecular weight excluding hydrogens is 284 g/mol. The highest BCUT2D eigenvalue weighted by atomic mass is 16.5. The van der Waals surface area contributed by atoms with Crippen LogP contribution in [0.3, 0.4) is 0 Å². The summed E-state index contributed by atoms with van der Waals surface area (Å²) >= 11 is 0. The lowest BCUT2D eigenvalue weighted by molar-refractivity contribution is -0.146. The lowest BCUT2D eigenvalue weighted by atomic mass is 9.94. The van der Waals surface area contributed by atoms with Crippen LogP contribution in [0.2, 0.25) is 0 Å². The van der Waals surface area contributed by atoms with Gasteiger partial charge in [-0.2, -0.15) is 0 Å². The molecule has 0 spiro atoms. The molecule has 22 heavy (non-hydrogen) atoms. The predicted molar refractivity (Wildman–Crippen MR) is 83.3 cm³/mol. The Balaban J connectivity index is 2.70. The molecule has 1 aromatic carbocycles. The van der Waals surface area contributed by atoms with Crippen molar-refractivity contribution in [3.8, 4) is 0 Å². The van der Waals surface area contributed by atoms with Crippen LogP contribution in [0.4, 0.5) is 0 Å². The van der Waals surface area contributed by atoms with Crippen LogP contribution in [-0.2, 0) is 19.1 Å². The van der Waals surface area contributed by atoms with Crippen molar-refractivity contribution in [3.05, 3.63) is 35.9 Å². The van der Waals surface area contributed by atoms with Crippen LogP contribution in [-0.4, -0.2) is 45.8 Å². The molecule has 2 N–H and O–H groups in total. The van der Waals surface area contributed by atoms with Gasteiger partial charge in [-0.05, 0) is 12.5 Å². The number of carbonyl (C=O) groups excluding carboxylic acids is 2. The maximum absolute atomic E-state index is 12.0. The fourth-order valence-electron chi connectivity index (χ4n) is 2.08. The second kappa shape index (κ2) is 9.92. The molecular formula is C16H24N2O4. The van der Waals surface area contributed by atoms with E-state index in [1.807, 2.05) is 30.3 Å². The van der Waals surface area contributed by atoms with Crippen molar-refractivity contribution in [2.45, 2.75) is 13.0 Å². The molecule has 0 saturated heterocycles. The Morgan fingerprint density at radius 2 is 1.86 bits per heavy atom. The highest BCUT2D eigenvalue weighted by molar-refractivity contribution is 5.80. The summed E-state index contributed by atoms with van der Waals surface area (Å²) in [7, 11) is 2.94. The Bertz CT molecular complexity index is 464. The lowest BCUT2D eigenvalue weighted by Gasteiger charge is -2.24. The monoisotopic (exact) mass is 308 g/mol. The molecule has 0 saturated carbocycles. The first kappa shape index (κ1) is 18.1. The molecule has 0 heterocycles. The van der Waals surface area contributed by atoms with Crippen molar-refractivity contribution in [2.24, 2.45) is 5.92 Å². The number of hydrogen-bond acceptors (Lipinski definition) is 5. The van der Waals surface area contributed by atoms with Gasteiger partial charge in [-0.1, -0.05) is 30.3 Å². The van der Waals surface area contributed by atoms with Gasteiger partial charge in [0.05, 0.1) is 32.2 Å². The first-order valence-electron chi connectivity index (χ1n) is 7.22. The Labute approximate surface area is 131 Å². The fourth-order valence-corrected chi connectivity index (χ4v) is 2.08. The highest BCUT2D eigenvalue weighted by Crippen LogP contribution is 2.22. The van der Waals surface area contributed by atoms with Gasteiger partial charge < -0.3 is 20.1 Å². The maximum Gasteiger partial charge on any atom is 0.310 e. The third-order valence-corrected chi connectivity index (χ3v) is 3.32. The van der Waals surface area contributed by atoms with Crippen LogP contribution >= 0.6 is 0 Å². The molecule has 2 unspecified atom stereocenters. The average Bonchev–Trinajstić information content (AvgIpc) is 2.56. The molecule has 0 bridgehead atoms. The van der Waals surface area contributed by atoms with E-state index in [9.17, 15) is 9.59 Å². The summed E-state index contributed by atoms with van der Waals surface area (Å²) in [6, 6.07) is 8.96. The minimum absolute atomic E-state index is 0.167. The Hall–Kier alpha value is -1.92. The van der Waals surface area contributed by atoms with Gasteiger partial charge in [0.15, 0.2) is 0 Å². The third kappa shape index (κ3) is 5.83. The Kier molecular flexibility index (Phi) is 8.17. The van der Waals surface area contributed by atoms with Gasteiger partial charge in [-0.3, -0.25) is 9.59 Å². The van der Waals surface area contributed by atoms with Crippen molar-refractivity contribution in [3.63, 3.8) is 0 Å². The van der Waals surface area contributed by atoms with E-state index in [-0.39, 0.29) is 18.4 Å². The van der Waals surface area contributed by atoms with Crippen molar-refractivity contribution >= 4 is 11.9 Å². The Morgan fingerprint density at radius 1 is 1.18 bits per heavy atom.